The molecule has 2 N–H and O–H groups in total. The van der Waals surface area contributed by atoms with Crippen LogP contribution in [0, 0.1) is 5.92 Å². The van der Waals surface area contributed by atoms with Crippen molar-refractivity contribution in [3.63, 3.8) is 0 Å². The van der Waals surface area contributed by atoms with Crippen molar-refractivity contribution in [2.45, 2.75) is 39.2 Å². The van der Waals surface area contributed by atoms with Crippen LogP contribution in [0.5, 0.6) is 5.88 Å². The molecule has 16 heavy (non-hydrogen) atoms. The Hall–Kier alpha value is -1.16. The molecular formula is C12H21N3O. The van der Waals surface area contributed by atoms with Gasteiger partial charge in [-0.2, -0.15) is 0 Å². The van der Waals surface area contributed by atoms with Gasteiger partial charge in [0, 0.05) is 12.1 Å². The molecule has 0 aromatic carbocycles. The average molecular weight is 223 g/mol. The standard InChI is InChI=1S/C12H21N3O/c1-9(2)5-4-6-10(13)11-7-12(16-3)15-8-14-11/h7-10H,4-6,13H2,1-3H3. The number of rotatable bonds is 6. The number of ether oxygens (including phenoxy) is 1. The zero-order valence-corrected chi connectivity index (χ0v) is 10.3. The maximum absolute atomic E-state index is 6.06. The predicted molar refractivity (Wildman–Crippen MR) is 64.2 cm³/mol. The highest BCUT2D eigenvalue weighted by atomic mass is 16.5. The van der Waals surface area contributed by atoms with Gasteiger partial charge in [0.25, 0.3) is 0 Å². The first-order valence-corrected chi connectivity index (χ1v) is 5.75. The first-order chi connectivity index (χ1) is 7.63. The third kappa shape index (κ3) is 4.14. The SMILES string of the molecule is COc1cc(C(N)CCCC(C)C)ncn1. The number of hydrogen-bond donors (Lipinski definition) is 1. The van der Waals surface area contributed by atoms with Crippen LogP contribution in [-0.4, -0.2) is 17.1 Å². The molecule has 4 heteroatoms. The monoisotopic (exact) mass is 223 g/mol. The van der Waals surface area contributed by atoms with E-state index in [1.54, 1.807) is 13.2 Å². The van der Waals surface area contributed by atoms with Crippen LogP contribution < -0.4 is 10.5 Å². The summed E-state index contributed by atoms with van der Waals surface area (Å²) in [4.78, 5) is 8.13. The second-order valence-corrected chi connectivity index (χ2v) is 4.42. The molecular weight excluding hydrogens is 202 g/mol. The van der Waals surface area contributed by atoms with Crippen molar-refractivity contribution in [2.75, 3.05) is 7.11 Å². The van der Waals surface area contributed by atoms with Gasteiger partial charge < -0.3 is 10.5 Å². The van der Waals surface area contributed by atoms with Crippen molar-refractivity contribution in [2.24, 2.45) is 11.7 Å². The fourth-order valence-corrected chi connectivity index (χ4v) is 1.56. The highest BCUT2D eigenvalue weighted by Crippen LogP contribution is 2.18. The summed E-state index contributed by atoms with van der Waals surface area (Å²) in [6.07, 6.45) is 4.79. The van der Waals surface area contributed by atoms with E-state index in [0.29, 0.717) is 5.88 Å². The Balaban J connectivity index is 2.48. The van der Waals surface area contributed by atoms with E-state index >= 15 is 0 Å². The van der Waals surface area contributed by atoms with Crippen LogP contribution in [0.4, 0.5) is 0 Å². The van der Waals surface area contributed by atoms with E-state index < -0.39 is 0 Å². The summed E-state index contributed by atoms with van der Waals surface area (Å²) in [7, 11) is 1.59. The van der Waals surface area contributed by atoms with Crippen molar-refractivity contribution in [3.8, 4) is 5.88 Å². The zero-order chi connectivity index (χ0) is 12.0. The summed E-state index contributed by atoms with van der Waals surface area (Å²) < 4.78 is 5.04. The Kier molecular flexibility index (Phi) is 5.19. The van der Waals surface area contributed by atoms with Gasteiger partial charge in [-0.05, 0) is 12.3 Å². The van der Waals surface area contributed by atoms with Crippen LogP contribution in [0.15, 0.2) is 12.4 Å². The van der Waals surface area contributed by atoms with Gasteiger partial charge in [0.2, 0.25) is 5.88 Å². The summed E-state index contributed by atoms with van der Waals surface area (Å²) in [6, 6.07) is 1.79. The molecule has 0 aliphatic heterocycles. The first kappa shape index (κ1) is 12.9. The third-order valence-corrected chi connectivity index (χ3v) is 2.55. The molecule has 0 fully saturated rings. The van der Waals surface area contributed by atoms with Gasteiger partial charge in [-0.15, -0.1) is 0 Å². The van der Waals surface area contributed by atoms with E-state index in [1.165, 1.54) is 12.7 Å². The van der Waals surface area contributed by atoms with Gasteiger partial charge in [-0.3, -0.25) is 0 Å². The molecule has 0 saturated carbocycles. The average Bonchev–Trinajstić information content (AvgIpc) is 2.28. The summed E-state index contributed by atoms with van der Waals surface area (Å²) in [5, 5.41) is 0. The molecule has 0 aliphatic rings. The Morgan fingerprint density at radius 2 is 2.06 bits per heavy atom. The van der Waals surface area contributed by atoms with Crippen LogP contribution in [-0.2, 0) is 0 Å². The largest absolute Gasteiger partial charge is 0.481 e. The van der Waals surface area contributed by atoms with Crippen molar-refractivity contribution in [3.05, 3.63) is 18.1 Å². The molecule has 0 spiro atoms. The zero-order valence-electron chi connectivity index (χ0n) is 10.3. The second kappa shape index (κ2) is 6.43. The summed E-state index contributed by atoms with van der Waals surface area (Å²) in [5.74, 6) is 1.30. The number of nitrogens with two attached hydrogens (primary N) is 1. The third-order valence-electron chi connectivity index (χ3n) is 2.55. The van der Waals surface area contributed by atoms with Crippen molar-refractivity contribution < 1.29 is 4.74 Å². The lowest BCUT2D eigenvalue weighted by Gasteiger charge is -2.12. The molecule has 1 heterocycles. The van der Waals surface area contributed by atoms with E-state index in [0.717, 1.165) is 24.5 Å². The number of methoxy groups -OCH3 is 1. The lowest BCUT2D eigenvalue weighted by molar-refractivity contribution is 0.394. The van der Waals surface area contributed by atoms with Crippen LogP contribution >= 0.6 is 0 Å². The molecule has 0 bridgehead atoms. The second-order valence-electron chi connectivity index (χ2n) is 4.42. The van der Waals surface area contributed by atoms with E-state index in [9.17, 15) is 0 Å². The highest BCUT2D eigenvalue weighted by molar-refractivity contribution is 5.15. The lowest BCUT2D eigenvalue weighted by Crippen LogP contribution is -2.12. The van der Waals surface area contributed by atoms with E-state index in [-0.39, 0.29) is 6.04 Å². The molecule has 1 aromatic rings. The smallest absolute Gasteiger partial charge is 0.216 e. The topological polar surface area (TPSA) is 61.0 Å². The van der Waals surface area contributed by atoms with Crippen LogP contribution in [0.1, 0.15) is 44.8 Å². The van der Waals surface area contributed by atoms with E-state index in [4.69, 9.17) is 10.5 Å². The minimum Gasteiger partial charge on any atom is -0.481 e. The van der Waals surface area contributed by atoms with Crippen molar-refractivity contribution >= 4 is 0 Å². The van der Waals surface area contributed by atoms with Gasteiger partial charge >= 0.3 is 0 Å². The minimum atomic E-state index is -0.0179. The number of hydrogen-bond acceptors (Lipinski definition) is 4. The summed E-state index contributed by atoms with van der Waals surface area (Å²) >= 11 is 0. The normalized spacial score (nSPS) is 12.8. The van der Waals surface area contributed by atoms with Gasteiger partial charge in [0.1, 0.15) is 6.33 Å². The predicted octanol–water partition coefficient (Wildman–Crippen LogP) is 2.31. The van der Waals surface area contributed by atoms with Crippen LogP contribution in [0.2, 0.25) is 0 Å². The van der Waals surface area contributed by atoms with Gasteiger partial charge in [0.05, 0.1) is 12.8 Å². The molecule has 0 saturated heterocycles. The maximum atomic E-state index is 6.06. The Labute approximate surface area is 97.2 Å². The van der Waals surface area contributed by atoms with E-state index in [2.05, 4.69) is 23.8 Å². The summed E-state index contributed by atoms with van der Waals surface area (Å²) in [6.45, 7) is 4.44. The Bertz CT molecular complexity index is 315. The number of nitrogens with zero attached hydrogens (tertiary/aromatic N) is 2. The molecule has 1 atom stereocenters. The summed E-state index contributed by atoms with van der Waals surface area (Å²) in [5.41, 5.74) is 6.92. The van der Waals surface area contributed by atoms with Crippen molar-refractivity contribution in [1.29, 1.82) is 0 Å². The molecule has 1 rings (SSSR count). The van der Waals surface area contributed by atoms with Crippen molar-refractivity contribution in [1.82, 2.24) is 9.97 Å². The Morgan fingerprint density at radius 1 is 1.31 bits per heavy atom. The van der Waals surface area contributed by atoms with Gasteiger partial charge in [-0.25, -0.2) is 9.97 Å². The first-order valence-electron chi connectivity index (χ1n) is 5.75. The van der Waals surface area contributed by atoms with Crippen LogP contribution in [0.3, 0.4) is 0 Å². The van der Waals surface area contributed by atoms with Gasteiger partial charge in [-0.1, -0.05) is 26.7 Å². The van der Waals surface area contributed by atoms with E-state index in [1.807, 2.05) is 0 Å². The highest BCUT2D eigenvalue weighted by Gasteiger charge is 2.09. The fourth-order valence-electron chi connectivity index (χ4n) is 1.56. The van der Waals surface area contributed by atoms with Gasteiger partial charge in [0.15, 0.2) is 0 Å². The Morgan fingerprint density at radius 3 is 2.69 bits per heavy atom. The molecule has 0 aliphatic carbocycles. The fraction of sp³-hybridized carbons (Fsp3) is 0.667. The lowest BCUT2D eigenvalue weighted by atomic mass is 10.0. The van der Waals surface area contributed by atoms with Crippen LogP contribution in [0.25, 0.3) is 0 Å². The maximum Gasteiger partial charge on any atom is 0.216 e. The molecule has 1 unspecified atom stereocenters. The molecule has 0 amide bonds. The number of aromatic nitrogens is 2. The molecule has 90 valence electrons. The molecule has 0 radical (unpaired) electrons. The minimum absolute atomic E-state index is 0.0179. The quantitative estimate of drug-likeness (QED) is 0.804. The molecule has 4 nitrogen and oxygen atoms in total. The molecule has 1 aromatic heterocycles.